The van der Waals surface area contributed by atoms with Gasteiger partial charge in [0.05, 0.1) is 11.3 Å². The second kappa shape index (κ2) is 8.30. The largest absolute Gasteiger partial charge is 0.420 e. The molecule has 1 amide bonds. The molecule has 0 saturated carbocycles. The minimum Gasteiger partial charge on any atom is -0.407 e. The average Bonchev–Trinajstić information content (AvgIpc) is 3.04. The second-order valence-corrected chi connectivity index (χ2v) is 6.83. The van der Waals surface area contributed by atoms with Gasteiger partial charge in [-0.25, -0.2) is 14.0 Å². The Hall–Kier alpha value is -3.77. The zero-order valence-corrected chi connectivity index (χ0v) is 16.8. The Bertz CT molecular complexity index is 1240. The average molecular weight is 477 g/mol. The number of nitrogens with zero attached hydrogens (tertiary/aromatic N) is 3. The molecule has 176 valence electrons. The first-order valence-corrected chi connectivity index (χ1v) is 8.98. The van der Waals surface area contributed by atoms with E-state index >= 15 is 0 Å². The summed E-state index contributed by atoms with van der Waals surface area (Å²) >= 11 is 0. The maximum Gasteiger partial charge on any atom is 0.420 e. The predicted octanol–water partition coefficient (Wildman–Crippen LogP) is 4.99. The summed E-state index contributed by atoms with van der Waals surface area (Å²) < 4.78 is 101. The standard InChI is InChI=1S/C20H14F7N3O3/c1-28-7-8-30(17(28)31)15-10-11(19(22,23)24)9-14(20(25,26)27)16(15)33-18(32)29(2)13-5-3-12(21)4-6-13/h3-10H,1-2H3. The van der Waals surface area contributed by atoms with Crippen molar-refractivity contribution in [2.45, 2.75) is 12.4 Å². The van der Waals surface area contributed by atoms with Gasteiger partial charge in [-0.05, 0) is 36.4 Å². The van der Waals surface area contributed by atoms with Crippen molar-refractivity contribution in [1.29, 1.82) is 0 Å². The number of imidazole rings is 1. The number of rotatable bonds is 3. The van der Waals surface area contributed by atoms with E-state index in [4.69, 9.17) is 4.74 Å². The van der Waals surface area contributed by atoms with E-state index in [1.807, 2.05) is 0 Å². The zero-order chi connectivity index (χ0) is 24.7. The molecule has 3 aromatic rings. The summed E-state index contributed by atoms with van der Waals surface area (Å²) in [5.41, 5.74) is -5.51. The fourth-order valence-electron chi connectivity index (χ4n) is 2.85. The minimum atomic E-state index is -5.38. The van der Waals surface area contributed by atoms with Gasteiger partial charge in [0.15, 0.2) is 5.75 Å². The Morgan fingerprint density at radius 2 is 1.58 bits per heavy atom. The number of anilines is 1. The lowest BCUT2D eigenvalue weighted by Crippen LogP contribution is -2.31. The van der Waals surface area contributed by atoms with Crippen LogP contribution in [-0.4, -0.2) is 22.3 Å². The lowest BCUT2D eigenvalue weighted by molar-refractivity contribution is -0.143. The van der Waals surface area contributed by atoms with Gasteiger partial charge in [-0.2, -0.15) is 26.3 Å². The number of carbonyl (C=O) groups is 1. The van der Waals surface area contributed by atoms with Gasteiger partial charge >= 0.3 is 24.1 Å². The van der Waals surface area contributed by atoms with Crippen LogP contribution in [0.2, 0.25) is 0 Å². The van der Waals surface area contributed by atoms with Crippen LogP contribution in [-0.2, 0) is 19.4 Å². The van der Waals surface area contributed by atoms with Crippen LogP contribution < -0.4 is 15.3 Å². The van der Waals surface area contributed by atoms with E-state index < -0.39 is 52.5 Å². The fraction of sp³-hybridized carbons (Fsp3) is 0.200. The minimum absolute atomic E-state index is 0.0281. The first-order chi connectivity index (χ1) is 15.2. The van der Waals surface area contributed by atoms with E-state index in [1.165, 1.54) is 7.05 Å². The molecule has 0 aliphatic rings. The van der Waals surface area contributed by atoms with Crippen molar-refractivity contribution >= 4 is 11.8 Å². The summed E-state index contributed by atoms with van der Waals surface area (Å²) in [4.78, 5) is 25.6. The highest BCUT2D eigenvalue weighted by Gasteiger charge is 2.42. The van der Waals surface area contributed by atoms with Gasteiger partial charge in [-0.15, -0.1) is 0 Å². The maximum absolute atomic E-state index is 13.7. The van der Waals surface area contributed by atoms with Crippen molar-refractivity contribution < 1.29 is 40.3 Å². The molecule has 1 heterocycles. The summed E-state index contributed by atoms with van der Waals surface area (Å²) in [6.07, 6.45) is -9.96. The molecule has 1 aromatic heterocycles. The molecule has 2 aromatic carbocycles. The summed E-state index contributed by atoms with van der Waals surface area (Å²) in [6.45, 7) is 0. The molecule has 6 nitrogen and oxygen atoms in total. The van der Waals surface area contributed by atoms with E-state index in [2.05, 4.69) is 0 Å². The van der Waals surface area contributed by atoms with Crippen LogP contribution in [0, 0.1) is 5.82 Å². The third-order valence-electron chi connectivity index (χ3n) is 4.59. The maximum atomic E-state index is 13.7. The highest BCUT2D eigenvalue weighted by atomic mass is 19.4. The van der Waals surface area contributed by atoms with Gasteiger partial charge in [0.1, 0.15) is 11.4 Å². The van der Waals surface area contributed by atoms with Gasteiger partial charge in [0.2, 0.25) is 0 Å². The topological polar surface area (TPSA) is 56.5 Å². The molecule has 13 heteroatoms. The molecular formula is C20H14F7N3O3. The van der Waals surface area contributed by atoms with Crippen LogP contribution in [0.3, 0.4) is 0 Å². The van der Waals surface area contributed by atoms with E-state index in [0.717, 1.165) is 53.2 Å². The Kier molecular flexibility index (Phi) is 6.00. The van der Waals surface area contributed by atoms with E-state index in [0.29, 0.717) is 4.57 Å². The van der Waals surface area contributed by atoms with Gasteiger partial charge in [0, 0.05) is 32.2 Å². The molecule has 0 fully saturated rings. The van der Waals surface area contributed by atoms with E-state index in [-0.39, 0.29) is 17.8 Å². The van der Waals surface area contributed by atoms with Crippen LogP contribution in [0.5, 0.6) is 5.75 Å². The molecule has 0 aliphatic heterocycles. The lowest BCUT2D eigenvalue weighted by Gasteiger charge is -2.22. The molecule has 33 heavy (non-hydrogen) atoms. The van der Waals surface area contributed by atoms with Crippen LogP contribution in [0.25, 0.3) is 5.69 Å². The Balaban J connectivity index is 2.21. The van der Waals surface area contributed by atoms with Gasteiger partial charge < -0.3 is 9.30 Å². The highest BCUT2D eigenvalue weighted by molar-refractivity contribution is 5.89. The zero-order valence-electron chi connectivity index (χ0n) is 16.8. The highest BCUT2D eigenvalue weighted by Crippen LogP contribution is 2.44. The molecule has 0 N–H and O–H groups in total. The number of carbonyl (C=O) groups excluding carboxylic acids is 1. The van der Waals surface area contributed by atoms with Crippen LogP contribution in [0.1, 0.15) is 11.1 Å². The Labute approximate surface area is 181 Å². The number of hydrogen-bond acceptors (Lipinski definition) is 3. The molecule has 0 radical (unpaired) electrons. The summed E-state index contributed by atoms with van der Waals surface area (Å²) in [5.74, 6) is -1.95. The molecule has 0 saturated heterocycles. The SMILES string of the molecule is CN(C(=O)Oc1c(-n2ccn(C)c2=O)cc(C(F)(F)F)cc1C(F)(F)F)c1ccc(F)cc1. The van der Waals surface area contributed by atoms with E-state index in [9.17, 15) is 40.3 Å². The van der Waals surface area contributed by atoms with Crippen molar-refractivity contribution in [3.8, 4) is 11.4 Å². The number of alkyl halides is 6. The third-order valence-corrected chi connectivity index (χ3v) is 4.59. The van der Waals surface area contributed by atoms with Crippen molar-refractivity contribution in [3.63, 3.8) is 0 Å². The Morgan fingerprint density at radius 3 is 2.06 bits per heavy atom. The third kappa shape index (κ3) is 4.86. The molecular weight excluding hydrogens is 463 g/mol. The van der Waals surface area contributed by atoms with Crippen molar-refractivity contribution in [2.75, 3.05) is 11.9 Å². The smallest absolute Gasteiger partial charge is 0.407 e. The lowest BCUT2D eigenvalue weighted by atomic mass is 10.1. The number of aromatic nitrogens is 2. The van der Waals surface area contributed by atoms with Gasteiger partial charge in [-0.1, -0.05) is 0 Å². The second-order valence-electron chi connectivity index (χ2n) is 6.83. The fourth-order valence-corrected chi connectivity index (χ4v) is 2.85. The van der Waals surface area contributed by atoms with Crippen LogP contribution >= 0.6 is 0 Å². The summed E-state index contributed by atoms with van der Waals surface area (Å²) in [6, 6.07) is 4.29. The molecule has 3 rings (SSSR count). The molecule has 0 aliphatic carbocycles. The number of benzene rings is 2. The van der Waals surface area contributed by atoms with Gasteiger partial charge in [0.25, 0.3) is 0 Å². The number of ether oxygens (including phenoxy) is 1. The van der Waals surface area contributed by atoms with Crippen molar-refractivity contribution in [1.82, 2.24) is 9.13 Å². The number of hydrogen-bond donors (Lipinski definition) is 0. The molecule has 0 bridgehead atoms. The number of halogens is 7. The van der Waals surface area contributed by atoms with Crippen LogP contribution in [0.4, 0.5) is 41.2 Å². The quantitative estimate of drug-likeness (QED) is 0.500. The number of aryl methyl sites for hydroxylation is 1. The molecule has 0 unspecified atom stereocenters. The summed E-state index contributed by atoms with van der Waals surface area (Å²) in [7, 11) is 2.33. The summed E-state index contributed by atoms with van der Waals surface area (Å²) in [5, 5.41) is 0. The number of amides is 1. The Morgan fingerprint density at radius 1 is 0.970 bits per heavy atom. The normalized spacial score (nSPS) is 12.0. The predicted molar refractivity (Wildman–Crippen MR) is 102 cm³/mol. The first kappa shape index (κ1) is 23.9. The van der Waals surface area contributed by atoms with Crippen LogP contribution in [0.15, 0.2) is 53.6 Å². The van der Waals surface area contributed by atoms with Gasteiger partial charge in [-0.3, -0.25) is 9.47 Å². The molecule has 0 atom stereocenters. The monoisotopic (exact) mass is 477 g/mol. The van der Waals surface area contributed by atoms with Crippen molar-refractivity contribution in [2.24, 2.45) is 7.05 Å². The first-order valence-electron chi connectivity index (χ1n) is 8.98. The van der Waals surface area contributed by atoms with E-state index in [1.54, 1.807) is 0 Å². The molecule has 0 spiro atoms. The van der Waals surface area contributed by atoms with Crippen molar-refractivity contribution in [3.05, 3.63) is 76.2 Å².